The van der Waals surface area contributed by atoms with Crippen molar-refractivity contribution in [3.63, 3.8) is 0 Å². The molecule has 0 amide bonds. The summed E-state index contributed by atoms with van der Waals surface area (Å²) in [5.41, 5.74) is 1.82. The minimum Gasteiger partial charge on any atom is -0.349 e. The Bertz CT molecular complexity index is 566. The average Bonchev–Trinajstić information content (AvgIpc) is 3.12. The molecule has 18 heavy (non-hydrogen) atoms. The van der Waals surface area contributed by atoms with Crippen LogP contribution < -0.4 is 0 Å². The Kier molecular flexibility index (Phi) is 2.74. The first-order chi connectivity index (χ1) is 8.72. The summed E-state index contributed by atoms with van der Waals surface area (Å²) in [5.74, 6) is 0.287. The van der Waals surface area contributed by atoms with Crippen LogP contribution in [0.4, 0.5) is 4.39 Å². The van der Waals surface area contributed by atoms with E-state index in [2.05, 4.69) is 0 Å². The SMILES string of the molecule is O=C(c1ccn(Cc2ccc(F)cc2)c1)C1CC1. The van der Waals surface area contributed by atoms with E-state index in [4.69, 9.17) is 0 Å². The summed E-state index contributed by atoms with van der Waals surface area (Å²) in [6.07, 6.45) is 5.84. The van der Waals surface area contributed by atoms with Gasteiger partial charge in [0, 0.05) is 30.4 Å². The van der Waals surface area contributed by atoms with Crippen molar-refractivity contribution in [3.05, 3.63) is 59.7 Å². The molecule has 0 aliphatic heterocycles. The third-order valence-corrected chi connectivity index (χ3v) is 3.26. The van der Waals surface area contributed by atoms with Crippen molar-refractivity contribution in [1.29, 1.82) is 0 Å². The number of benzene rings is 1. The van der Waals surface area contributed by atoms with Crippen molar-refractivity contribution in [1.82, 2.24) is 4.57 Å². The van der Waals surface area contributed by atoms with E-state index in [0.717, 1.165) is 24.0 Å². The number of carbonyl (C=O) groups is 1. The van der Waals surface area contributed by atoms with Gasteiger partial charge in [-0.3, -0.25) is 4.79 Å². The molecular formula is C15H14FNO. The number of ketones is 1. The molecule has 1 aliphatic rings. The molecule has 3 heteroatoms. The van der Waals surface area contributed by atoms with Gasteiger partial charge in [-0.25, -0.2) is 4.39 Å². The van der Waals surface area contributed by atoms with Gasteiger partial charge in [-0.15, -0.1) is 0 Å². The maximum atomic E-state index is 12.8. The number of hydrogen-bond donors (Lipinski definition) is 0. The molecule has 0 N–H and O–H groups in total. The summed E-state index contributed by atoms with van der Waals surface area (Å²) >= 11 is 0. The molecule has 1 saturated carbocycles. The number of Topliss-reactive ketones (excluding diaryl/α,β-unsaturated/α-hetero) is 1. The van der Waals surface area contributed by atoms with E-state index in [-0.39, 0.29) is 17.5 Å². The van der Waals surface area contributed by atoms with Gasteiger partial charge in [-0.1, -0.05) is 12.1 Å². The first kappa shape index (κ1) is 11.2. The van der Waals surface area contributed by atoms with Gasteiger partial charge in [0.25, 0.3) is 0 Å². The summed E-state index contributed by atoms with van der Waals surface area (Å²) in [5, 5.41) is 0. The smallest absolute Gasteiger partial charge is 0.167 e. The highest BCUT2D eigenvalue weighted by Crippen LogP contribution is 2.32. The van der Waals surface area contributed by atoms with E-state index in [1.165, 1.54) is 12.1 Å². The molecule has 0 saturated heterocycles. The van der Waals surface area contributed by atoms with Crippen LogP contribution in [-0.2, 0) is 6.54 Å². The van der Waals surface area contributed by atoms with Gasteiger partial charge in [0.1, 0.15) is 5.82 Å². The highest BCUT2D eigenvalue weighted by atomic mass is 19.1. The fourth-order valence-corrected chi connectivity index (χ4v) is 2.07. The van der Waals surface area contributed by atoms with E-state index < -0.39 is 0 Å². The zero-order chi connectivity index (χ0) is 12.5. The molecule has 0 atom stereocenters. The standard InChI is InChI=1S/C15H14FNO/c16-14-5-1-11(2-6-14)9-17-8-7-13(10-17)15(18)12-3-4-12/h1-2,5-8,10,12H,3-4,9H2. The second-order valence-electron chi connectivity index (χ2n) is 4.84. The molecule has 1 aliphatic carbocycles. The molecule has 0 bridgehead atoms. The lowest BCUT2D eigenvalue weighted by molar-refractivity contribution is 0.0967. The Balaban J connectivity index is 1.73. The van der Waals surface area contributed by atoms with Gasteiger partial charge in [0.15, 0.2) is 5.78 Å². The molecule has 0 spiro atoms. The third-order valence-electron chi connectivity index (χ3n) is 3.26. The predicted molar refractivity (Wildman–Crippen MR) is 67.0 cm³/mol. The number of hydrogen-bond acceptors (Lipinski definition) is 1. The minimum absolute atomic E-state index is 0.226. The molecule has 1 aromatic heterocycles. The zero-order valence-electron chi connectivity index (χ0n) is 9.97. The van der Waals surface area contributed by atoms with Gasteiger partial charge in [0.05, 0.1) is 0 Å². The van der Waals surface area contributed by atoms with Gasteiger partial charge in [-0.05, 0) is 36.6 Å². The van der Waals surface area contributed by atoms with E-state index in [0.29, 0.717) is 6.54 Å². The number of rotatable bonds is 4. The summed E-state index contributed by atoms with van der Waals surface area (Å²) in [6.45, 7) is 0.665. The monoisotopic (exact) mass is 243 g/mol. The van der Waals surface area contributed by atoms with Gasteiger partial charge in [-0.2, -0.15) is 0 Å². The van der Waals surface area contributed by atoms with Crippen LogP contribution in [-0.4, -0.2) is 10.4 Å². The van der Waals surface area contributed by atoms with Crippen molar-refractivity contribution < 1.29 is 9.18 Å². The van der Waals surface area contributed by atoms with Crippen LogP contribution in [0.3, 0.4) is 0 Å². The second-order valence-corrected chi connectivity index (χ2v) is 4.84. The van der Waals surface area contributed by atoms with Crippen LogP contribution in [0.25, 0.3) is 0 Å². The normalized spacial score (nSPS) is 14.7. The second kappa shape index (κ2) is 4.41. The quantitative estimate of drug-likeness (QED) is 0.755. The molecule has 3 rings (SSSR count). The van der Waals surface area contributed by atoms with Crippen molar-refractivity contribution in [2.24, 2.45) is 5.92 Å². The zero-order valence-corrected chi connectivity index (χ0v) is 9.97. The van der Waals surface area contributed by atoms with E-state index in [1.54, 1.807) is 12.1 Å². The Morgan fingerprint density at radius 3 is 2.61 bits per heavy atom. The lowest BCUT2D eigenvalue weighted by Gasteiger charge is -2.02. The largest absolute Gasteiger partial charge is 0.349 e. The first-order valence-electron chi connectivity index (χ1n) is 6.17. The molecule has 1 fully saturated rings. The predicted octanol–water partition coefficient (Wildman–Crippen LogP) is 3.27. The van der Waals surface area contributed by atoms with Gasteiger partial charge in [0.2, 0.25) is 0 Å². The Hall–Kier alpha value is -1.90. The Morgan fingerprint density at radius 2 is 1.94 bits per heavy atom. The summed E-state index contributed by atoms with van der Waals surface area (Å²) in [7, 11) is 0. The fourth-order valence-electron chi connectivity index (χ4n) is 2.07. The number of halogens is 1. The highest BCUT2D eigenvalue weighted by Gasteiger charge is 2.30. The maximum absolute atomic E-state index is 12.8. The van der Waals surface area contributed by atoms with E-state index in [9.17, 15) is 9.18 Å². The van der Waals surface area contributed by atoms with Crippen LogP contribution >= 0.6 is 0 Å². The Labute approximate surface area is 105 Å². The van der Waals surface area contributed by atoms with Gasteiger partial charge >= 0.3 is 0 Å². The Morgan fingerprint density at radius 1 is 1.22 bits per heavy atom. The van der Waals surface area contributed by atoms with E-state index in [1.807, 2.05) is 23.0 Å². The molecule has 2 nitrogen and oxygen atoms in total. The summed E-state index contributed by atoms with van der Waals surface area (Å²) in [6, 6.07) is 8.30. The molecule has 1 heterocycles. The first-order valence-corrected chi connectivity index (χ1v) is 6.17. The van der Waals surface area contributed by atoms with Crippen molar-refractivity contribution >= 4 is 5.78 Å². The number of aromatic nitrogens is 1. The summed E-state index contributed by atoms with van der Waals surface area (Å²) in [4.78, 5) is 11.9. The molecule has 0 radical (unpaired) electrons. The molecule has 0 unspecified atom stereocenters. The molecule has 92 valence electrons. The van der Waals surface area contributed by atoms with Crippen LogP contribution in [0, 0.1) is 11.7 Å². The van der Waals surface area contributed by atoms with Crippen LogP contribution in [0.5, 0.6) is 0 Å². The lowest BCUT2D eigenvalue weighted by Crippen LogP contribution is -2.00. The fraction of sp³-hybridized carbons (Fsp3) is 0.267. The van der Waals surface area contributed by atoms with E-state index >= 15 is 0 Å². The number of nitrogens with zero attached hydrogens (tertiary/aromatic N) is 1. The lowest BCUT2D eigenvalue weighted by atomic mass is 10.1. The summed E-state index contributed by atoms with van der Waals surface area (Å²) < 4.78 is 14.7. The number of carbonyl (C=O) groups excluding carboxylic acids is 1. The highest BCUT2D eigenvalue weighted by molar-refractivity contribution is 5.99. The molecule has 1 aromatic carbocycles. The van der Waals surface area contributed by atoms with Crippen molar-refractivity contribution in [3.8, 4) is 0 Å². The topological polar surface area (TPSA) is 22.0 Å². The van der Waals surface area contributed by atoms with Crippen molar-refractivity contribution in [2.45, 2.75) is 19.4 Å². The minimum atomic E-state index is -0.226. The molecular weight excluding hydrogens is 229 g/mol. The van der Waals surface area contributed by atoms with Gasteiger partial charge < -0.3 is 4.57 Å². The maximum Gasteiger partial charge on any atom is 0.167 e. The average molecular weight is 243 g/mol. The van der Waals surface area contributed by atoms with Crippen LogP contribution in [0.1, 0.15) is 28.8 Å². The third kappa shape index (κ3) is 2.35. The van der Waals surface area contributed by atoms with Crippen molar-refractivity contribution in [2.75, 3.05) is 0 Å². The molecule has 2 aromatic rings. The van der Waals surface area contributed by atoms with Crippen LogP contribution in [0.2, 0.25) is 0 Å². The van der Waals surface area contributed by atoms with Crippen LogP contribution in [0.15, 0.2) is 42.7 Å².